The largest absolute Gasteiger partial charge is 0.195 e. The molecule has 1 rings (SSSR count). The first-order valence-corrected chi connectivity index (χ1v) is 4.17. The molecule has 47 valence electrons. The van der Waals surface area contributed by atoms with Crippen molar-refractivity contribution in [2.75, 3.05) is 6.26 Å². The van der Waals surface area contributed by atoms with Crippen molar-refractivity contribution in [2.24, 2.45) is 0 Å². The Balaban J connectivity index is 2.85. The van der Waals surface area contributed by atoms with Gasteiger partial charge in [-0.1, -0.05) is 30.3 Å². The summed E-state index contributed by atoms with van der Waals surface area (Å²) in [5, 5.41) is 3.18. The molecule has 0 aromatic heterocycles. The quantitative estimate of drug-likeness (QED) is 0.443. The fraction of sp³-hybridized carbons (Fsp3) is 0.125. The van der Waals surface area contributed by atoms with E-state index in [0.29, 0.717) is 0 Å². The van der Waals surface area contributed by atoms with Crippen molar-refractivity contribution >= 4 is 16.7 Å². The predicted octanol–water partition coefficient (Wildman–Crippen LogP) is 1.81. The summed E-state index contributed by atoms with van der Waals surface area (Å²) in [6, 6.07) is 10.2. The van der Waals surface area contributed by atoms with E-state index >= 15 is 0 Å². The Morgan fingerprint density at radius 2 is 1.89 bits per heavy atom. The van der Waals surface area contributed by atoms with E-state index in [0.717, 1.165) is 0 Å². The highest BCUT2D eigenvalue weighted by molar-refractivity contribution is 7.97. The van der Waals surface area contributed by atoms with Crippen LogP contribution in [0.25, 0.3) is 0 Å². The normalized spacial score (nSPS) is 11.2. The molecule has 0 nitrogen and oxygen atoms in total. The molecule has 0 aliphatic heterocycles. The zero-order valence-electron chi connectivity index (χ0n) is 5.33. The molecule has 0 unspecified atom stereocenters. The van der Waals surface area contributed by atoms with E-state index in [1.807, 2.05) is 18.2 Å². The molecule has 1 aromatic rings. The monoisotopic (exact) mass is 137 g/mol. The van der Waals surface area contributed by atoms with Gasteiger partial charge in [-0.05, 0) is 11.8 Å². The van der Waals surface area contributed by atoms with Gasteiger partial charge in [-0.3, -0.25) is 0 Å². The van der Waals surface area contributed by atoms with Crippen molar-refractivity contribution in [1.29, 1.82) is 0 Å². The van der Waals surface area contributed by atoms with E-state index in [9.17, 15) is 0 Å². The Kier molecular flexibility index (Phi) is 2.52. The van der Waals surface area contributed by atoms with Crippen LogP contribution in [0.3, 0.4) is 0 Å². The number of hydrogen-bond acceptors (Lipinski definition) is 0. The highest BCUT2D eigenvalue weighted by Crippen LogP contribution is 1.94. The molecule has 0 bridgehead atoms. The molecule has 1 heteroatoms. The van der Waals surface area contributed by atoms with Gasteiger partial charge in [-0.2, -0.15) is 11.4 Å². The average molecular weight is 137 g/mol. The summed E-state index contributed by atoms with van der Waals surface area (Å²) in [7, 11) is 0. The van der Waals surface area contributed by atoms with E-state index in [1.54, 1.807) is 0 Å². The standard InChI is InChI=1S/C8H9S/c1-9-7-8-5-3-2-4-6-8/h2-6,9H,1H3. The summed E-state index contributed by atoms with van der Waals surface area (Å²) >= 11 is 1.19. The van der Waals surface area contributed by atoms with Crippen molar-refractivity contribution in [3.05, 3.63) is 35.9 Å². The van der Waals surface area contributed by atoms with Crippen molar-refractivity contribution in [2.45, 2.75) is 0 Å². The van der Waals surface area contributed by atoms with Gasteiger partial charge in [0.05, 0.1) is 0 Å². The Hall–Kier alpha value is -0.560. The Morgan fingerprint density at radius 3 is 2.44 bits per heavy atom. The smallest absolute Gasteiger partial charge is 0.0153 e. The summed E-state index contributed by atoms with van der Waals surface area (Å²) in [6.07, 6.45) is 2.06. The zero-order chi connectivity index (χ0) is 6.53. The highest BCUT2D eigenvalue weighted by Gasteiger charge is 1.78. The maximum atomic E-state index is 3.18. The van der Waals surface area contributed by atoms with Crippen LogP contribution in [-0.2, 0) is 0 Å². The first kappa shape index (κ1) is 6.56. The van der Waals surface area contributed by atoms with Gasteiger partial charge in [0.15, 0.2) is 0 Å². The molecule has 0 fully saturated rings. The van der Waals surface area contributed by atoms with Gasteiger partial charge in [0.1, 0.15) is 0 Å². The van der Waals surface area contributed by atoms with Crippen molar-refractivity contribution < 1.29 is 0 Å². The van der Waals surface area contributed by atoms with E-state index < -0.39 is 0 Å². The lowest BCUT2D eigenvalue weighted by molar-refractivity contribution is 1.69. The van der Waals surface area contributed by atoms with Crippen LogP contribution in [0.15, 0.2) is 30.3 Å². The third kappa shape index (κ3) is 2.02. The topological polar surface area (TPSA) is 0 Å². The maximum Gasteiger partial charge on any atom is 0.0153 e. The van der Waals surface area contributed by atoms with Crippen LogP contribution in [0.2, 0.25) is 0 Å². The molecule has 0 aliphatic carbocycles. The Bertz CT molecular complexity index is 189. The lowest BCUT2D eigenvalue weighted by Gasteiger charge is -1.85. The molecular weight excluding hydrogens is 128 g/mol. The van der Waals surface area contributed by atoms with E-state index in [-0.39, 0.29) is 0 Å². The van der Waals surface area contributed by atoms with Gasteiger partial charge in [-0.15, -0.1) is 0 Å². The third-order valence-electron chi connectivity index (χ3n) is 1.01. The van der Waals surface area contributed by atoms with Crippen LogP contribution >= 0.6 is 11.4 Å². The Morgan fingerprint density at radius 1 is 1.22 bits per heavy atom. The number of hydrogen-bond donors (Lipinski definition) is 1. The lowest BCUT2D eigenvalue weighted by atomic mass is 10.2. The number of thiol groups is 1. The predicted molar refractivity (Wildman–Crippen MR) is 45.5 cm³/mol. The van der Waals surface area contributed by atoms with Gasteiger partial charge >= 0.3 is 0 Å². The first-order chi connectivity index (χ1) is 4.43. The average Bonchev–Trinajstić information content (AvgIpc) is 1.91. The number of rotatable bonds is 1. The summed E-state index contributed by atoms with van der Waals surface area (Å²) in [5.41, 5.74) is 1.18. The second kappa shape index (κ2) is 3.46. The SMILES string of the molecule is C[SH]=[C]c1ccccc1. The van der Waals surface area contributed by atoms with Crippen molar-refractivity contribution in [3.8, 4) is 0 Å². The molecule has 9 heavy (non-hydrogen) atoms. The van der Waals surface area contributed by atoms with Crippen LogP contribution in [-0.4, -0.2) is 11.6 Å². The van der Waals surface area contributed by atoms with E-state index in [1.165, 1.54) is 16.9 Å². The molecule has 1 radical (unpaired) electrons. The van der Waals surface area contributed by atoms with Gasteiger partial charge in [-0.25, -0.2) is 0 Å². The fourth-order valence-corrected chi connectivity index (χ4v) is 1.05. The molecule has 0 atom stereocenters. The van der Waals surface area contributed by atoms with Gasteiger partial charge in [0, 0.05) is 5.37 Å². The van der Waals surface area contributed by atoms with Crippen LogP contribution < -0.4 is 0 Å². The highest BCUT2D eigenvalue weighted by atomic mass is 32.1. The minimum absolute atomic E-state index is 1.18. The van der Waals surface area contributed by atoms with Crippen LogP contribution in [0.4, 0.5) is 0 Å². The van der Waals surface area contributed by atoms with Gasteiger partial charge in [0.2, 0.25) is 0 Å². The van der Waals surface area contributed by atoms with E-state index in [2.05, 4.69) is 23.8 Å². The molecule has 0 N–H and O–H groups in total. The second-order valence-corrected chi connectivity index (χ2v) is 2.37. The molecular formula is C8H9S. The van der Waals surface area contributed by atoms with Crippen molar-refractivity contribution in [3.63, 3.8) is 0 Å². The molecule has 0 heterocycles. The van der Waals surface area contributed by atoms with Crippen LogP contribution in [0.1, 0.15) is 5.56 Å². The summed E-state index contributed by atoms with van der Waals surface area (Å²) in [6.45, 7) is 0. The molecule has 0 saturated heterocycles. The molecule has 1 aromatic carbocycles. The zero-order valence-corrected chi connectivity index (χ0v) is 6.23. The summed E-state index contributed by atoms with van der Waals surface area (Å²) in [4.78, 5) is 0. The molecule has 0 aliphatic rings. The third-order valence-corrected chi connectivity index (χ3v) is 1.50. The van der Waals surface area contributed by atoms with Gasteiger partial charge < -0.3 is 0 Å². The Labute approximate surface area is 59.5 Å². The van der Waals surface area contributed by atoms with Gasteiger partial charge in [0.25, 0.3) is 0 Å². The van der Waals surface area contributed by atoms with Crippen LogP contribution in [0, 0.1) is 0 Å². The maximum absolute atomic E-state index is 3.18. The second-order valence-electron chi connectivity index (χ2n) is 1.70. The minimum atomic E-state index is 1.18. The fourth-order valence-electron chi connectivity index (χ4n) is 0.642. The van der Waals surface area contributed by atoms with E-state index in [4.69, 9.17) is 0 Å². The van der Waals surface area contributed by atoms with Crippen molar-refractivity contribution in [1.82, 2.24) is 0 Å². The molecule has 0 spiro atoms. The van der Waals surface area contributed by atoms with Crippen LogP contribution in [0.5, 0.6) is 0 Å². The molecule has 0 amide bonds. The molecule has 0 saturated carbocycles. The summed E-state index contributed by atoms with van der Waals surface area (Å²) in [5.74, 6) is 0. The minimum Gasteiger partial charge on any atom is -0.195 e. The number of benzene rings is 1. The first-order valence-electron chi connectivity index (χ1n) is 2.83. The summed E-state index contributed by atoms with van der Waals surface area (Å²) < 4.78 is 0. The lowest BCUT2D eigenvalue weighted by Crippen LogP contribution is -1.73.